The van der Waals surface area contributed by atoms with E-state index in [4.69, 9.17) is 16.1 Å². The Bertz CT molecular complexity index is 3190. The smallest absolute Gasteiger partial charge is 0.278 e. The Morgan fingerprint density at radius 1 is 0.629 bits per heavy atom. The fourth-order valence-corrected chi connectivity index (χ4v) is 6.94. The summed E-state index contributed by atoms with van der Waals surface area (Å²) in [6, 6.07) is 18.9. The SMILES string of the molecule is C.CCC(=O)c1ccc2nccn2c1.CCC(N)c1ccc2nccn2c1.CCC(N=[N+]=[N-])c1ccc2nccn2c1.CCC(O)c1ccc2nccn2c1.CON(C)C(=O)c1ccc2nccn2c1. The summed E-state index contributed by atoms with van der Waals surface area (Å²) in [5.41, 5.74) is 23.2. The lowest BCUT2D eigenvalue weighted by molar-refractivity contribution is -0.0757. The van der Waals surface area contributed by atoms with Gasteiger partial charge in [-0.1, -0.05) is 58.4 Å². The Morgan fingerprint density at radius 3 is 1.46 bits per heavy atom. The van der Waals surface area contributed by atoms with Crippen LogP contribution in [0, 0.1) is 0 Å². The highest BCUT2D eigenvalue weighted by molar-refractivity contribution is 5.95. The molecule has 0 aliphatic carbocycles. The van der Waals surface area contributed by atoms with E-state index in [1.165, 1.54) is 12.2 Å². The molecule has 10 heterocycles. The monoisotopic (exact) mass is 948 g/mol. The summed E-state index contributed by atoms with van der Waals surface area (Å²) in [5, 5.41) is 14.5. The predicted octanol–water partition coefficient (Wildman–Crippen LogP) is 10.1. The van der Waals surface area contributed by atoms with Crippen molar-refractivity contribution in [3.8, 4) is 0 Å². The molecule has 0 aromatic carbocycles. The van der Waals surface area contributed by atoms with Gasteiger partial charge in [-0.2, -0.15) is 0 Å². The van der Waals surface area contributed by atoms with Crippen LogP contribution in [0.3, 0.4) is 0 Å². The van der Waals surface area contributed by atoms with Crippen LogP contribution in [-0.2, 0) is 4.84 Å². The number of pyridine rings is 5. The van der Waals surface area contributed by atoms with Gasteiger partial charge in [0, 0.05) is 123 Å². The van der Waals surface area contributed by atoms with E-state index in [0.717, 1.165) is 69.8 Å². The lowest BCUT2D eigenvalue weighted by Gasteiger charge is -2.13. The third-order valence-electron chi connectivity index (χ3n) is 11.1. The molecule has 0 fully saturated rings. The summed E-state index contributed by atoms with van der Waals surface area (Å²) in [6.45, 7) is 7.91. The Morgan fingerprint density at radius 2 is 1.03 bits per heavy atom. The molecule has 0 saturated heterocycles. The van der Waals surface area contributed by atoms with Gasteiger partial charge in [0.1, 0.15) is 28.2 Å². The number of carbonyl (C=O) groups is 2. The van der Waals surface area contributed by atoms with Crippen LogP contribution < -0.4 is 5.73 Å². The number of Topliss-reactive ketones (excluding diaryl/α,β-unsaturated/α-hetero) is 1. The first-order valence-corrected chi connectivity index (χ1v) is 22.5. The number of rotatable bonds is 11. The van der Waals surface area contributed by atoms with Crippen molar-refractivity contribution in [1.29, 1.82) is 0 Å². The molecule has 19 nitrogen and oxygen atoms in total. The second-order valence-corrected chi connectivity index (χ2v) is 15.5. The standard InChI is InChI=1S/C10H11N5.C10H11N3O2.C10H13N3.C10H12N2O.C10H10N2O.CH4/c1-2-9(13-14-11)8-3-4-10-12-5-6-15(10)7-8;1-12(15-2)10(14)8-3-4-9-11-5-6-13(9)7-8;1-2-9(11)8-3-4-10-12-5-6-13(10)7-8;2*1-2-9(13)8-3-4-10-11-5-6-12(10)7-8;/h3-7,9H,2H2,1H3;3-7H,1-2H3;3-7,9H,2,11H2,1H3;3-7,9,13H,2H2,1H3;3-7H,2H2,1H3;1H4. The van der Waals surface area contributed by atoms with Crippen LogP contribution in [0.2, 0.25) is 0 Å². The number of aromatic nitrogens is 10. The summed E-state index contributed by atoms with van der Waals surface area (Å²) in [4.78, 5) is 51.4. The van der Waals surface area contributed by atoms with Gasteiger partial charge in [0.15, 0.2) is 5.78 Å². The number of nitrogens with zero attached hydrogens (tertiary/aromatic N) is 14. The minimum absolute atomic E-state index is 0. The van der Waals surface area contributed by atoms with Gasteiger partial charge in [-0.3, -0.25) is 14.4 Å². The maximum atomic E-state index is 11.7. The van der Waals surface area contributed by atoms with E-state index in [1.54, 1.807) is 67.0 Å². The number of hydrogen-bond acceptors (Lipinski definition) is 11. The second-order valence-electron chi connectivity index (χ2n) is 15.5. The normalized spacial score (nSPS) is 11.8. The van der Waals surface area contributed by atoms with Crippen molar-refractivity contribution < 1.29 is 19.5 Å². The fraction of sp³-hybridized carbons (Fsp3) is 0.275. The average molecular weight is 948 g/mol. The van der Waals surface area contributed by atoms with E-state index in [2.05, 4.69) is 41.9 Å². The Balaban J connectivity index is 0.000000163. The zero-order chi connectivity index (χ0) is 49.3. The van der Waals surface area contributed by atoms with Gasteiger partial charge in [-0.15, -0.1) is 0 Å². The topological polar surface area (TPSA) is 228 Å². The quantitative estimate of drug-likeness (QED) is 0.0410. The third kappa shape index (κ3) is 13.5. The van der Waals surface area contributed by atoms with Crippen LogP contribution in [0.25, 0.3) is 38.7 Å². The van der Waals surface area contributed by atoms with Crippen molar-refractivity contribution in [1.82, 2.24) is 52.0 Å². The summed E-state index contributed by atoms with van der Waals surface area (Å²) in [6.07, 6.45) is 30.1. The largest absolute Gasteiger partial charge is 0.388 e. The lowest BCUT2D eigenvalue weighted by atomic mass is 10.1. The van der Waals surface area contributed by atoms with Gasteiger partial charge in [0.25, 0.3) is 5.91 Å². The van der Waals surface area contributed by atoms with E-state index in [1.807, 2.05) is 136 Å². The fourth-order valence-electron chi connectivity index (χ4n) is 6.94. The molecule has 0 spiro atoms. The van der Waals surface area contributed by atoms with Crippen molar-refractivity contribution in [2.45, 2.75) is 79.0 Å². The molecule has 3 N–H and O–H groups in total. The van der Waals surface area contributed by atoms with Crippen LogP contribution in [0.15, 0.2) is 159 Å². The Kier molecular flexibility index (Phi) is 19.4. The number of fused-ring (bicyclic) bond motifs is 5. The molecule has 3 unspecified atom stereocenters. The molecule has 0 radical (unpaired) electrons. The van der Waals surface area contributed by atoms with Crippen LogP contribution >= 0.6 is 0 Å². The molecule has 3 atom stereocenters. The molecule has 0 aliphatic rings. The van der Waals surface area contributed by atoms with Crippen molar-refractivity contribution >= 4 is 39.9 Å². The van der Waals surface area contributed by atoms with Crippen molar-refractivity contribution in [2.75, 3.05) is 14.2 Å². The van der Waals surface area contributed by atoms with Gasteiger partial charge < -0.3 is 32.8 Å². The van der Waals surface area contributed by atoms with Gasteiger partial charge in [-0.05, 0) is 83.9 Å². The highest BCUT2D eigenvalue weighted by atomic mass is 16.7. The number of imidazole rings is 5. The molecular formula is C51H61N15O4. The number of aliphatic hydroxyl groups is 1. The molecule has 10 rings (SSSR count). The van der Waals surface area contributed by atoms with Gasteiger partial charge in [0.05, 0.1) is 24.8 Å². The number of hydrogen-bond donors (Lipinski definition) is 2. The maximum absolute atomic E-state index is 11.7. The van der Waals surface area contributed by atoms with Crippen molar-refractivity contribution in [3.05, 3.63) is 192 Å². The predicted molar refractivity (Wildman–Crippen MR) is 271 cm³/mol. The van der Waals surface area contributed by atoms with Gasteiger partial charge >= 0.3 is 0 Å². The molecule has 0 aliphatic heterocycles. The summed E-state index contributed by atoms with van der Waals surface area (Å²) in [5.74, 6) is -0.0244. The third-order valence-corrected chi connectivity index (χ3v) is 11.1. The van der Waals surface area contributed by atoms with Crippen LogP contribution in [-0.4, -0.2) is 82.9 Å². The van der Waals surface area contributed by atoms with E-state index in [0.29, 0.717) is 12.0 Å². The zero-order valence-electron chi connectivity index (χ0n) is 39.5. The molecule has 1 amide bonds. The first-order valence-electron chi connectivity index (χ1n) is 22.5. The summed E-state index contributed by atoms with van der Waals surface area (Å²) in [7, 11) is 3.02. The van der Waals surface area contributed by atoms with Crippen molar-refractivity contribution in [3.63, 3.8) is 0 Å². The average Bonchev–Trinajstić information content (AvgIpc) is 4.27. The van der Waals surface area contributed by atoms with E-state index in [9.17, 15) is 14.7 Å². The van der Waals surface area contributed by atoms with Crippen molar-refractivity contribution in [2.24, 2.45) is 10.8 Å². The van der Waals surface area contributed by atoms with Crippen LogP contribution in [0.5, 0.6) is 0 Å². The Labute approximate surface area is 406 Å². The molecule has 10 aromatic heterocycles. The number of aliphatic hydroxyl groups excluding tert-OH is 1. The number of carbonyl (C=O) groups excluding carboxylic acids is 2. The van der Waals surface area contributed by atoms with E-state index < -0.39 is 0 Å². The summed E-state index contributed by atoms with van der Waals surface area (Å²) >= 11 is 0. The first kappa shape index (κ1) is 52.7. The molecule has 70 heavy (non-hydrogen) atoms. The number of hydroxylamine groups is 2. The van der Waals surface area contributed by atoms with E-state index >= 15 is 0 Å². The minimum Gasteiger partial charge on any atom is -0.388 e. The maximum Gasteiger partial charge on any atom is 0.278 e. The number of nitrogens with two attached hydrogens (primary N) is 1. The number of amides is 1. The molecule has 0 saturated carbocycles. The van der Waals surface area contributed by atoms with E-state index in [-0.39, 0.29) is 37.3 Å². The van der Waals surface area contributed by atoms with Crippen LogP contribution in [0.4, 0.5) is 0 Å². The van der Waals surface area contributed by atoms with Crippen LogP contribution in [0.1, 0.15) is 116 Å². The number of azide groups is 1. The minimum atomic E-state index is -0.369. The zero-order valence-corrected chi connectivity index (χ0v) is 39.5. The lowest BCUT2D eigenvalue weighted by Crippen LogP contribution is -2.25. The molecule has 0 bridgehead atoms. The highest BCUT2D eigenvalue weighted by Gasteiger charge is 2.12. The number of ketones is 1. The molecular weight excluding hydrogens is 887 g/mol. The van der Waals surface area contributed by atoms with Gasteiger partial charge in [-0.25, -0.2) is 30.0 Å². The molecule has 364 valence electrons. The highest BCUT2D eigenvalue weighted by Crippen LogP contribution is 2.22. The van der Waals surface area contributed by atoms with Gasteiger partial charge in [0.2, 0.25) is 0 Å². The summed E-state index contributed by atoms with van der Waals surface area (Å²) < 4.78 is 9.46. The second kappa shape index (κ2) is 25.8. The molecule has 19 heteroatoms. The molecule has 10 aromatic rings. The Hall–Kier alpha value is -8.22. The first-order chi connectivity index (χ1) is 33.5.